The Morgan fingerprint density at radius 2 is 1.20 bits per heavy atom. The molecule has 0 unspecified atom stereocenters. The van der Waals surface area contributed by atoms with Crippen molar-refractivity contribution < 1.29 is 50.7 Å². The number of nitrogens with one attached hydrogen (secondary N) is 2. The molecule has 0 saturated heterocycles. The number of aryl methyl sites for hydroxylation is 5. The Labute approximate surface area is 215 Å². The number of halogens is 2. The fraction of sp³-hybridized carbons (Fsp3) is 0.500. The summed E-state index contributed by atoms with van der Waals surface area (Å²) in [5, 5.41) is 7.31. The van der Waals surface area contributed by atoms with Gasteiger partial charge in [0.2, 0.25) is 0 Å². The smallest absolute Gasteiger partial charge is 1.00 e. The molecule has 0 amide bonds. The van der Waals surface area contributed by atoms with Crippen LogP contribution in [0.25, 0.3) is 0 Å². The van der Waals surface area contributed by atoms with Crippen LogP contribution in [0.15, 0.2) is 30.3 Å². The molecule has 0 aliphatic heterocycles. The van der Waals surface area contributed by atoms with Crippen LogP contribution in [0, 0.1) is 20.8 Å². The molecule has 0 spiro atoms. The maximum Gasteiger partial charge on any atom is 2.00 e. The predicted octanol–water partition coefficient (Wildman–Crippen LogP) is -0.802. The summed E-state index contributed by atoms with van der Waals surface area (Å²) in [6.45, 7) is 15.0. The summed E-state index contributed by atoms with van der Waals surface area (Å²) in [5.74, 6) is 0. The SMILES string of the molecule is CCc1cccc(CC)c1NCCN(C)CCNc1c(C)cc(C)cc1C.[Br-].[Br-].[Co+2]. The van der Waals surface area contributed by atoms with Gasteiger partial charge in [-0.3, -0.25) is 0 Å². The second-order valence-corrected chi connectivity index (χ2v) is 7.59. The van der Waals surface area contributed by atoms with Crippen LogP contribution >= 0.6 is 0 Å². The standard InChI is InChI=1S/C24H37N3.2BrH.Co/c1-7-21-10-9-11-22(8-2)24(21)26-13-15-27(6)14-12-25-23-19(4)16-18(3)17-20(23)5;;;/h9-11,16-17,25-26H,7-8,12-15H2,1-6H3;2*1H;/q;;;+2/p-2. The van der Waals surface area contributed by atoms with E-state index in [1.807, 2.05) is 0 Å². The molecule has 1 radical (unpaired) electrons. The van der Waals surface area contributed by atoms with E-state index >= 15 is 0 Å². The van der Waals surface area contributed by atoms with Gasteiger partial charge >= 0.3 is 16.8 Å². The molecule has 0 saturated carbocycles. The second kappa shape index (κ2) is 16.1. The number of rotatable bonds is 10. The molecule has 0 atom stereocenters. The van der Waals surface area contributed by atoms with Gasteiger partial charge in [0.15, 0.2) is 0 Å². The van der Waals surface area contributed by atoms with E-state index in [1.165, 1.54) is 39.2 Å². The predicted molar refractivity (Wildman–Crippen MR) is 120 cm³/mol. The Kier molecular flexibility index (Phi) is 17.0. The van der Waals surface area contributed by atoms with Crippen LogP contribution in [0.5, 0.6) is 0 Å². The number of nitrogens with zero attached hydrogens (tertiary/aromatic N) is 1. The van der Waals surface area contributed by atoms with E-state index in [0.29, 0.717) is 0 Å². The van der Waals surface area contributed by atoms with Gasteiger partial charge in [-0.25, -0.2) is 0 Å². The first kappa shape index (κ1) is 31.7. The summed E-state index contributed by atoms with van der Waals surface area (Å²) < 4.78 is 0. The molecule has 0 bridgehead atoms. The van der Waals surface area contributed by atoms with Crippen LogP contribution in [-0.4, -0.2) is 38.1 Å². The Morgan fingerprint density at radius 3 is 1.63 bits per heavy atom. The number of anilines is 2. The van der Waals surface area contributed by atoms with Crippen molar-refractivity contribution in [2.24, 2.45) is 0 Å². The minimum Gasteiger partial charge on any atom is -1.00 e. The van der Waals surface area contributed by atoms with E-state index in [1.54, 1.807) is 0 Å². The molecule has 0 heterocycles. The number of benzene rings is 2. The third kappa shape index (κ3) is 9.31. The van der Waals surface area contributed by atoms with Crippen molar-refractivity contribution in [1.29, 1.82) is 0 Å². The van der Waals surface area contributed by atoms with E-state index in [2.05, 4.69) is 87.5 Å². The molecule has 3 nitrogen and oxygen atoms in total. The zero-order chi connectivity index (χ0) is 19.8. The van der Waals surface area contributed by atoms with Crippen molar-refractivity contribution in [2.75, 3.05) is 43.9 Å². The number of hydrogen-bond acceptors (Lipinski definition) is 3. The monoisotopic (exact) mass is 584 g/mol. The quantitative estimate of drug-likeness (QED) is 0.382. The van der Waals surface area contributed by atoms with E-state index in [4.69, 9.17) is 0 Å². The van der Waals surface area contributed by atoms with Gasteiger partial charge in [-0.2, -0.15) is 0 Å². The van der Waals surface area contributed by atoms with E-state index < -0.39 is 0 Å². The normalized spacial score (nSPS) is 9.97. The Bertz CT molecular complexity index is 708. The molecule has 2 aromatic carbocycles. The summed E-state index contributed by atoms with van der Waals surface area (Å²) in [6, 6.07) is 11.2. The molecular formula is C24H37Br2CoN3. The molecule has 6 heteroatoms. The van der Waals surface area contributed by atoms with E-state index in [9.17, 15) is 0 Å². The van der Waals surface area contributed by atoms with Gasteiger partial charge in [-0.05, 0) is 62.9 Å². The number of likely N-dealkylation sites (N-methyl/N-ethyl adjacent to an activating group) is 1. The van der Waals surface area contributed by atoms with Gasteiger partial charge in [0.05, 0.1) is 0 Å². The molecule has 30 heavy (non-hydrogen) atoms. The summed E-state index contributed by atoms with van der Waals surface area (Å²) in [6.07, 6.45) is 2.15. The van der Waals surface area contributed by atoms with E-state index in [-0.39, 0.29) is 50.7 Å². The first-order valence-electron chi connectivity index (χ1n) is 10.3. The summed E-state index contributed by atoms with van der Waals surface area (Å²) in [7, 11) is 2.20. The largest absolute Gasteiger partial charge is 2.00 e. The average Bonchev–Trinajstić information content (AvgIpc) is 2.63. The summed E-state index contributed by atoms with van der Waals surface area (Å²) in [4.78, 5) is 2.39. The van der Waals surface area contributed by atoms with Gasteiger partial charge in [0.25, 0.3) is 0 Å². The second-order valence-electron chi connectivity index (χ2n) is 7.59. The Morgan fingerprint density at radius 1 is 0.767 bits per heavy atom. The minimum absolute atomic E-state index is 0. The average molecular weight is 586 g/mol. The fourth-order valence-corrected chi connectivity index (χ4v) is 3.78. The van der Waals surface area contributed by atoms with E-state index in [0.717, 1.165) is 39.0 Å². The Balaban J connectivity index is 0. The van der Waals surface area contributed by atoms with Crippen molar-refractivity contribution in [1.82, 2.24) is 4.90 Å². The van der Waals surface area contributed by atoms with Crippen molar-refractivity contribution in [2.45, 2.75) is 47.5 Å². The van der Waals surface area contributed by atoms with Gasteiger partial charge in [-0.15, -0.1) is 0 Å². The molecule has 0 fully saturated rings. The third-order valence-corrected chi connectivity index (χ3v) is 5.27. The fourth-order valence-electron chi connectivity index (χ4n) is 3.78. The molecule has 171 valence electrons. The van der Waals surface area contributed by atoms with Crippen molar-refractivity contribution >= 4 is 11.4 Å². The van der Waals surface area contributed by atoms with Crippen molar-refractivity contribution in [3.8, 4) is 0 Å². The van der Waals surface area contributed by atoms with Crippen molar-refractivity contribution in [3.63, 3.8) is 0 Å². The van der Waals surface area contributed by atoms with Crippen LogP contribution < -0.4 is 44.6 Å². The molecule has 2 rings (SSSR count). The van der Waals surface area contributed by atoms with Gasteiger partial charge in [0, 0.05) is 37.6 Å². The summed E-state index contributed by atoms with van der Waals surface area (Å²) >= 11 is 0. The maximum absolute atomic E-state index is 3.69. The molecule has 0 aromatic heterocycles. The number of hydrogen-bond donors (Lipinski definition) is 2. The first-order chi connectivity index (χ1) is 13.0. The van der Waals surface area contributed by atoms with Crippen LogP contribution in [0.3, 0.4) is 0 Å². The first-order valence-corrected chi connectivity index (χ1v) is 10.3. The zero-order valence-corrected chi connectivity index (χ0v) is 23.4. The van der Waals surface area contributed by atoms with Crippen LogP contribution in [0.2, 0.25) is 0 Å². The Hall–Kier alpha value is -0.534. The van der Waals surface area contributed by atoms with Gasteiger partial charge in [0.1, 0.15) is 0 Å². The molecule has 0 aliphatic carbocycles. The topological polar surface area (TPSA) is 27.3 Å². The van der Waals surface area contributed by atoms with Crippen LogP contribution in [-0.2, 0) is 29.6 Å². The van der Waals surface area contributed by atoms with Crippen molar-refractivity contribution in [3.05, 3.63) is 58.1 Å². The van der Waals surface area contributed by atoms with Gasteiger partial charge in [-0.1, -0.05) is 49.7 Å². The molecular weight excluding hydrogens is 549 g/mol. The summed E-state index contributed by atoms with van der Waals surface area (Å²) in [5.41, 5.74) is 9.47. The molecule has 0 aliphatic rings. The van der Waals surface area contributed by atoms with Crippen LogP contribution in [0.4, 0.5) is 11.4 Å². The maximum atomic E-state index is 3.69. The van der Waals surface area contributed by atoms with Crippen LogP contribution in [0.1, 0.15) is 41.7 Å². The number of para-hydroxylation sites is 1. The molecule has 2 N–H and O–H groups in total. The molecule has 2 aromatic rings. The minimum atomic E-state index is 0. The van der Waals surface area contributed by atoms with Gasteiger partial charge < -0.3 is 49.5 Å². The third-order valence-electron chi connectivity index (χ3n) is 5.27. The zero-order valence-electron chi connectivity index (χ0n) is 19.2.